The van der Waals surface area contributed by atoms with Gasteiger partial charge in [0.05, 0.1) is 6.61 Å². The standard InChI is InChI=1S/C9H15NOS3/c10-9(12)11-6-3-1-2-4-8-5-7-13-14-8/h5,7-8H,1-4,6H2,(H2,10,12)/t8-/m1/s1. The molecular weight excluding hydrogens is 234 g/mol. The molecule has 14 heavy (non-hydrogen) atoms. The Labute approximate surface area is 98.4 Å². The summed E-state index contributed by atoms with van der Waals surface area (Å²) in [6.45, 7) is 0.664. The molecule has 0 radical (unpaired) electrons. The van der Waals surface area contributed by atoms with Crippen LogP contribution in [0, 0.1) is 0 Å². The molecule has 5 heteroatoms. The van der Waals surface area contributed by atoms with E-state index in [-0.39, 0.29) is 5.17 Å². The van der Waals surface area contributed by atoms with Gasteiger partial charge in [0.25, 0.3) is 5.17 Å². The van der Waals surface area contributed by atoms with Gasteiger partial charge in [-0.3, -0.25) is 0 Å². The highest BCUT2D eigenvalue weighted by Gasteiger charge is 2.09. The van der Waals surface area contributed by atoms with Gasteiger partial charge in [-0.05, 0) is 30.5 Å². The molecule has 0 aromatic rings. The van der Waals surface area contributed by atoms with Gasteiger partial charge in [-0.2, -0.15) is 0 Å². The van der Waals surface area contributed by atoms with Crippen LogP contribution in [0.25, 0.3) is 0 Å². The van der Waals surface area contributed by atoms with Crippen LogP contribution in [0.3, 0.4) is 0 Å². The number of hydrogen-bond acceptors (Lipinski definition) is 4. The minimum absolute atomic E-state index is 0.163. The molecule has 80 valence electrons. The zero-order valence-electron chi connectivity index (χ0n) is 7.98. The lowest BCUT2D eigenvalue weighted by Gasteiger charge is -2.06. The molecule has 1 rings (SSSR count). The molecule has 0 unspecified atom stereocenters. The van der Waals surface area contributed by atoms with E-state index in [2.05, 4.69) is 23.7 Å². The van der Waals surface area contributed by atoms with Gasteiger partial charge >= 0.3 is 0 Å². The van der Waals surface area contributed by atoms with E-state index >= 15 is 0 Å². The Morgan fingerprint density at radius 1 is 1.43 bits per heavy atom. The summed E-state index contributed by atoms with van der Waals surface area (Å²) in [5.41, 5.74) is 5.20. The molecule has 0 saturated carbocycles. The summed E-state index contributed by atoms with van der Waals surface area (Å²) >= 11 is 4.60. The quantitative estimate of drug-likeness (QED) is 0.444. The first-order valence-corrected chi connectivity index (χ1v) is 7.38. The van der Waals surface area contributed by atoms with E-state index in [1.165, 1.54) is 19.3 Å². The second kappa shape index (κ2) is 7.43. The van der Waals surface area contributed by atoms with E-state index in [9.17, 15) is 0 Å². The van der Waals surface area contributed by atoms with Crippen LogP contribution < -0.4 is 5.73 Å². The normalized spacial score (nSPS) is 19.9. The Morgan fingerprint density at radius 2 is 2.29 bits per heavy atom. The number of unbranched alkanes of at least 4 members (excludes halogenated alkanes) is 2. The zero-order chi connectivity index (χ0) is 10.2. The molecule has 1 aliphatic heterocycles. The number of nitrogens with two attached hydrogens (primary N) is 1. The number of thiocarbonyl (C=S) groups is 1. The van der Waals surface area contributed by atoms with Gasteiger partial charge in [-0.1, -0.05) is 40.5 Å². The number of ether oxygens (including phenoxy) is 1. The zero-order valence-corrected chi connectivity index (χ0v) is 10.4. The van der Waals surface area contributed by atoms with Crippen molar-refractivity contribution < 1.29 is 4.74 Å². The first-order chi connectivity index (χ1) is 6.79. The predicted octanol–water partition coefficient (Wildman–Crippen LogP) is 3.08. The van der Waals surface area contributed by atoms with E-state index < -0.39 is 0 Å². The van der Waals surface area contributed by atoms with Crippen molar-refractivity contribution in [1.29, 1.82) is 0 Å². The van der Waals surface area contributed by atoms with Crippen LogP contribution in [0.2, 0.25) is 0 Å². The average molecular weight is 249 g/mol. The van der Waals surface area contributed by atoms with E-state index in [1.807, 2.05) is 21.6 Å². The average Bonchev–Trinajstić information content (AvgIpc) is 2.63. The van der Waals surface area contributed by atoms with Crippen LogP contribution in [-0.2, 0) is 4.74 Å². The number of rotatable bonds is 6. The third kappa shape index (κ3) is 5.78. The van der Waals surface area contributed by atoms with E-state index in [1.54, 1.807) is 0 Å². The number of hydrogen-bond donors (Lipinski definition) is 1. The van der Waals surface area contributed by atoms with Crippen LogP contribution in [0.15, 0.2) is 11.5 Å². The van der Waals surface area contributed by atoms with Crippen LogP contribution in [0.5, 0.6) is 0 Å². The maximum absolute atomic E-state index is 5.20. The van der Waals surface area contributed by atoms with Crippen molar-refractivity contribution in [3.05, 3.63) is 11.5 Å². The Hall–Kier alpha value is 0.130. The first-order valence-electron chi connectivity index (χ1n) is 4.70. The highest BCUT2D eigenvalue weighted by atomic mass is 33.1. The van der Waals surface area contributed by atoms with Gasteiger partial charge in [0.1, 0.15) is 0 Å². The topological polar surface area (TPSA) is 35.2 Å². The monoisotopic (exact) mass is 249 g/mol. The molecule has 0 fully saturated rings. The van der Waals surface area contributed by atoms with Gasteiger partial charge < -0.3 is 10.5 Å². The van der Waals surface area contributed by atoms with Gasteiger partial charge in [0, 0.05) is 5.25 Å². The van der Waals surface area contributed by atoms with Crippen molar-refractivity contribution in [2.24, 2.45) is 5.73 Å². The molecule has 1 atom stereocenters. The van der Waals surface area contributed by atoms with Gasteiger partial charge in [-0.15, -0.1) is 0 Å². The van der Waals surface area contributed by atoms with E-state index in [0.29, 0.717) is 6.61 Å². The summed E-state index contributed by atoms with van der Waals surface area (Å²) in [6, 6.07) is 0. The fourth-order valence-electron chi connectivity index (χ4n) is 1.20. The second-order valence-electron chi connectivity index (χ2n) is 3.08. The molecule has 0 saturated heterocycles. The summed E-state index contributed by atoms with van der Waals surface area (Å²) in [5.74, 6) is 0. The van der Waals surface area contributed by atoms with Crippen molar-refractivity contribution >= 4 is 39.0 Å². The molecule has 0 amide bonds. The molecule has 0 aliphatic carbocycles. The van der Waals surface area contributed by atoms with Crippen LogP contribution in [0.1, 0.15) is 25.7 Å². The summed E-state index contributed by atoms with van der Waals surface area (Å²) in [7, 11) is 3.78. The van der Waals surface area contributed by atoms with Crippen molar-refractivity contribution in [3.8, 4) is 0 Å². The van der Waals surface area contributed by atoms with Crippen molar-refractivity contribution in [1.82, 2.24) is 0 Å². The van der Waals surface area contributed by atoms with Gasteiger partial charge in [0.2, 0.25) is 0 Å². The molecule has 1 aliphatic rings. The molecule has 0 bridgehead atoms. The molecule has 0 aromatic heterocycles. The first kappa shape index (κ1) is 12.2. The fraction of sp³-hybridized carbons (Fsp3) is 0.667. The van der Waals surface area contributed by atoms with Crippen molar-refractivity contribution in [3.63, 3.8) is 0 Å². The molecular formula is C9H15NOS3. The highest BCUT2D eigenvalue weighted by Crippen LogP contribution is 2.37. The Balaban J connectivity index is 1.84. The third-order valence-corrected chi connectivity index (χ3v) is 4.45. The van der Waals surface area contributed by atoms with E-state index in [0.717, 1.165) is 11.7 Å². The Bertz CT molecular complexity index is 208. The van der Waals surface area contributed by atoms with Gasteiger partial charge in [-0.25, -0.2) is 0 Å². The minimum atomic E-state index is 0.163. The summed E-state index contributed by atoms with van der Waals surface area (Å²) in [5, 5.41) is 3.05. The Morgan fingerprint density at radius 3 is 2.93 bits per heavy atom. The van der Waals surface area contributed by atoms with Crippen LogP contribution in [0.4, 0.5) is 0 Å². The Kier molecular flexibility index (Phi) is 6.47. The molecule has 2 N–H and O–H groups in total. The summed E-state index contributed by atoms with van der Waals surface area (Å²) in [6.07, 6.45) is 7.04. The van der Waals surface area contributed by atoms with E-state index in [4.69, 9.17) is 10.5 Å². The molecule has 0 spiro atoms. The largest absolute Gasteiger partial charge is 0.471 e. The van der Waals surface area contributed by atoms with Crippen molar-refractivity contribution in [2.75, 3.05) is 6.61 Å². The lowest BCUT2D eigenvalue weighted by Crippen LogP contribution is -2.13. The van der Waals surface area contributed by atoms with Gasteiger partial charge in [0.15, 0.2) is 0 Å². The predicted molar refractivity (Wildman–Crippen MR) is 69.3 cm³/mol. The van der Waals surface area contributed by atoms with Crippen LogP contribution >= 0.6 is 33.8 Å². The fourth-order valence-corrected chi connectivity index (χ4v) is 3.54. The smallest absolute Gasteiger partial charge is 0.253 e. The summed E-state index contributed by atoms with van der Waals surface area (Å²) < 4.78 is 5.00. The highest BCUT2D eigenvalue weighted by molar-refractivity contribution is 8.78. The van der Waals surface area contributed by atoms with Crippen LogP contribution in [-0.4, -0.2) is 17.0 Å². The maximum Gasteiger partial charge on any atom is 0.253 e. The molecule has 2 nitrogen and oxygen atoms in total. The lowest BCUT2D eigenvalue weighted by atomic mass is 10.1. The molecule has 1 heterocycles. The third-order valence-electron chi connectivity index (χ3n) is 1.91. The lowest BCUT2D eigenvalue weighted by molar-refractivity contribution is 0.296. The summed E-state index contributed by atoms with van der Waals surface area (Å²) in [4.78, 5) is 0. The maximum atomic E-state index is 5.20. The minimum Gasteiger partial charge on any atom is -0.471 e. The SMILES string of the molecule is NC(=S)OCCCCC[C@@H]1C=CSS1. The molecule has 0 aromatic carbocycles. The van der Waals surface area contributed by atoms with Crippen molar-refractivity contribution in [2.45, 2.75) is 30.9 Å². The second-order valence-corrected chi connectivity index (χ2v) is 5.90.